The summed E-state index contributed by atoms with van der Waals surface area (Å²) in [7, 11) is -1.55. The largest absolute Gasteiger partial charge is 0.398 e. The van der Waals surface area contributed by atoms with Gasteiger partial charge in [0.2, 0.25) is 0 Å². The fourth-order valence-corrected chi connectivity index (χ4v) is 3.89. The van der Waals surface area contributed by atoms with E-state index in [1.165, 1.54) is 0 Å². The van der Waals surface area contributed by atoms with Gasteiger partial charge in [0, 0.05) is 22.3 Å². The van der Waals surface area contributed by atoms with Crippen LogP contribution in [0.4, 0.5) is 5.69 Å². The molecule has 0 heterocycles. The fourth-order valence-electron chi connectivity index (χ4n) is 1.93. The molecule has 0 aliphatic rings. The molecule has 1 aromatic rings. The molecular weight excluding hydrogens is 294 g/mol. The Morgan fingerprint density at radius 2 is 1.94 bits per heavy atom. The van der Waals surface area contributed by atoms with Gasteiger partial charge < -0.3 is 10.5 Å². The second-order valence-electron chi connectivity index (χ2n) is 5.45. The lowest BCUT2D eigenvalue weighted by molar-refractivity contribution is 0.0298. The number of benzene rings is 1. The van der Waals surface area contributed by atoms with Gasteiger partial charge in [-0.2, -0.15) is 0 Å². The van der Waals surface area contributed by atoms with Crippen LogP contribution in [0.5, 0.6) is 0 Å². The van der Waals surface area contributed by atoms with Crippen LogP contribution in [0.1, 0.15) is 19.4 Å². The lowest BCUT2D eigenvalue weighted by Gasteiger charge is -2.41. The van der Waals surface area contributed by atoms with Gasteiger partial charge in [-0.15, -0.1) is 0 Å². The standard InChI is InChI=1S/C13H22BrNOSi/c1-6-16-13(2,17(3,4)5)11-9-10(14)7-8-12(11)15/h7-9H,6,15H2,1-5H3. The third kappa shape index (κ3) is 2.92. The summed E-state index contributed by atoms with van der Waals surface area (Å²) in [5.74, 6) is 0. The van der Waals surface area contributed by atoms with Crippen LogP contribution in [-0.4, -0.2) is 14.7 Å². The van der Waals surface area contributed by atoms with Crippen molar-refractivity contribution in [3.8, 4) is 0 Å². The Balaban J connectivity index is 3.37. The maximum Gasteiger partial charge on any atom is 0.0879 e. The van der Waals surface area contributed by atoms with E-state index in [9.17, 15) is 0 Å². The Bertz CT molecular complexity index is 403. The molecule has 0 aromatic heterocycles. The molecule has 1 atom stereocenters. The molecule has 0 saturated heterocycles. The van der Waals surface area contributed by atoms with Crippen molar-refractivity contribution < 1.29 is 4.74 Å². The third-order valence-electron chi connectivity index (χ3n) is 3.39. The van der Waals surface area contributed by atoms with Gasteiger partial charge in [-0.3, -0.25) is 0 Å². The number of rotatable bonds is 4. The predicted molar refractivity (Wildman–Crippen MR) is 80.9 cm³/mol. The maximum absolute atomic E-state index is 6.12. The van der Waals surface area contributed by atoms with Crippen molar-refractivity contribution in [1.82, 2.24) is 0 Å². The van der Waals surface area contributed by atoms with Crippen LogP contribution >= 0.6 is 15.9 Å². The Morgan fingerprint density at radius 3 is 2.41 bits per heavy atom. The van der Waals surface area contributed by atoms with E-state index in [1.807, 2.05) is 19.1 Å². The number of hydrogen-bond donors (Lipinski definition) is 1. The molecule has 17 heavy (non-hydrogen) atoms. The van der Waals surface area contributed by atoms with E-state index in [4.69, 9.17) is 10.5 Å². The summed E-state index contributed by atoms with van der Waals surface area (Å²) < 4.78 is 7.12. The van der Waals surface area contributed by atoms with Crippen LogP contribution in [0.15, 0.2) is 22.7 Å². The molecule has 2 nitrogen and oxygen atoms in total. The Hall–Kier alpha value is -0.323. The number of ether oxygens (including phenoxy) is 1. The zero-order chi connectivity index (χ0) is 13.3. The summed E-state index contributed by atoms with van der Waals surface area (Å²) >= 11 is 3.51. The molecule has 2 N–H and O–H groups in total. The summed E-state index contributed by atoms with van der Waals surface area (Å²) in [4.78, 5) is 0. The molecule has 1 rings (SSSR count). The quantitative estimate of drug-likeness (QED) is 0.669. The van der Waals surface area contributed by atoms with Crippen molar-refractivity contribution in [2.75, 3.05) is 12.3 Å². The topological polar surface area (TPSA) is 35.2 Å². The number of nitrogen functional groups attached to an aromatic ring is 1. The monoisotopic (exact) mass is 315 g/mol. The Kier molecular flexibility index (Phi) is 4.44. The normalized spacial score (nSPS) is 15.6. The van der Waals surface area contributed by atoms with E-state index in [0.717, 1.165) is 15.7 Å². The number of nitrogens with two attached hydrogens (primary N) is 1. The summed E-state index contributed by atoms with van der Waals surface area (Å²) in [6.07, 6.45) is 0. The average molecular weight is 316 g/mol. The van der Waals surface area contributed by atoms with Gasteiger partial charge in [0.15, 0.2) is 0 Å². The summed E-state index contributed by atoms with van der Waals surface area (Å²) in [6.45, 7) is 11.8. The SMILES string of the molecule is CCOC(C)(c1cc(Br)ccc1N)[Si](C)(C)C. The highest BCUT2D eigenvalue weighted by molar-refractivity contribution is 9.10. The predicted octanol–water partition coefficient (Wildman–Crippen LogP) is 4.16. The molecule has 1 unspecified atom stereocenters. The van der Waals surface area contributed by atoms with Gasteiger partial charge in [-0.05, 0) is 32.0 Å². The number of hydrogen-bond acceptors (Lipinski definition) is 2. The molecule has 0 bridgehead atoms. The second kappa shape index (κ2) is 5.12. The van der Waals surface area contributed by atoms with Gasteiger partial charge in [-0.25, -0.2) is 0 Å². The molecule has 0 aliphatic heterocycles. The van der Waals surface area contributed by atoms with Crippen LogP contribution in [0, 0.1) is 0 Å². The molecule has 0 fully saturated rings. The van der Waals surface area contributed by atoms with Crippen molar-refractivity contribution in [3.63, 3.8) is 0 Å². The number of anilines is 1. The third-order valence-corrected chi connectivity index (χ3v) is 7.16. The molecular formula is C13H22BrNOSi. The molecule has 1 aromatic carbocycles. The zero-order valence-electron chi connectivity index (χ0n) is 11.3. The maximum atomic E-state index is 6.12. The molecule has 0 radical (unpaired) electrons. The van der Waals surface area contributed by atoms with E-state index in [0.29, 0.717) is 6.61 Å². The van der Waals surface area contributed by atoms with Crippen molar-refractivity contribution >= 4 is 29.7 Å². The van der Waals surface area contributed by atoms with Gasteiger partial charge in [-0.1, -0.05) is 35.6 Å². The summed E-state index contributed by atoms with van der Waals surface area (Å²) in [6, 6.07) is 6.00. The van der Waals surface area contributed by atoms with Crippen LogP contribution in [0.2, 0.25) is 19.6 Å². The first-order valence-electron chi connectivity index (χ1n) is 5.92. The first-order chi connectivity index (χ1) is 7.72. The van der Waals surface area contributed by atoms with E-state index in [2.05, 4.69) is 48.6 Å². The smallest absolute Gasteiger partial charge is 0.0879 e. The van der Waals surface area contributed by atoms with Crippen LogP contribution < -0.4 is 5.73 Å². The number of halogens is 1. The molecule has 0 spiro atoms. The highest BCUT2D eigenvalue weighted by Crippen LogP contribution is 2.39. The minimum Gasteiger partial charge on any atom is -0.398 e. The van der Waals surface area contributed by atoms with E-state index in [-0.39, 0.29) is 5.22 Å². The van der Waals surface area contributed by atoms with Gasteiger partial charge in [0.25, 0.3) is 0 Å². The Morgan fingerprint density at radius 1 is 1.35 bits per heavy atom. The minimum atomic E-state index is -1.55. The van der Waals surface area contributed by atoms with Crippen molar-refractivity contribution in [2.24, 2.45) is 0 Å². The fraction of sp³-hybridized carbons (Fsp3) is 0.538. The zero-order valence-corrected chi connectivity index (χ0v) is 13.9. The van der Waals surface area contributed by atoms with Crippen molar-refractivity contribution in [1.29, 1.82) is 0 Å². The van der Waals surface area contributed by atoms with Crippen molar-refractivity contribution in [2.45, 2.75) is 38.7 Å². The highest BCUT2D eigenvalue weighted by atomic mass is 79.9. The Labute approximate surface area is 114 Å². The van der Waals surface area contributed by atoms with Crippen LogP contribution in [0.3, 0.4) is 0 Å². The van der Waals surface area contributed by atoms with Crippen LogP contribution in [-0.2, 0) is 9.96 Å². The van der Waals surface area contributed by atoms with E-state index in [1.54, 1.807) is 0 Å². The molecule has 0 saturated carbocycles. The van der Waals surface area contributed by atoms with Crippen LogP contribution in [0.25, 0.3) is 0 Å². The second-order valence-corrected chi connectivity index (χ2v) is 11.8. The molecule has 0 amide bonds. The summed E-state index contributed by atoms with van der Waals surface area (Å²) in [5, 5.41) is -0.254. The molecule has 4 heteroatoms. The van der Waals surface area contributed by atoms with E-state index < -0.39 is 8.07 Å². The first-order valence-corrected chi connectivity index (χ1v) is 10.2. The van der Waals surface area contributed by atoms with Gasteiger partial charge >= 0.3 is 0 Å². The van der Waals surface area contributed by atoms with Gasteiger partial charge in [0.1, 0.15) is 0 Å². The lowest BCUT2D eigenvalue weighted by Crippen LogP contribution is -2.49. The summed E-state index contributed by atoms with van der Waals surface area (Å²) in [5.41, 5.74) is 8.04. The van der Waals surface area contributed by atoms with E-state index >= 15 is 0 Å². The average Bonchev–Trinajstić information content (AvgIpc) is 2.20. The first kappa shape index (κ1) is 14.7. The molecule has 96 valence electrons. The minimum absolute atomic E-state index is 0.254. The highest BCUT2D eigenvalue weighted by Gasteiger charge is 2.42. The lowest BCUT2D eigenvalue weighted by atomic mass is 10.1. The van der Waals surface area contributed by atoms with Crippen molar-refractivity contribution in [3.05, 3.63) is 28.2 Å². The molecule has 0 aliphatic carbocycles. The van der Waals surface area contributed by atoms with Gasteiger partial charge in [0.05, 0.1) is 13.3 Å².